The van der Waals surface area contributed by atoms with Crippen molar-refractivity contribution in [2.45, 2.75) is 6.92 Å². The number of nitrogens with one attached hydrogen (secondary N) is 2. The normalized spacial score (nSPS) is 17.2. The van der Waals surface area contributed by atoms with E-state index in [4.69, 9.17) is 0 Å². The van der Waals surface area contributed by atoms with Gasteiger partial charge in [-0.2, -0.15) is 0 Å². The Morgan fingerprint density at radius 2 is 2.00 bits per heavy atom. The molecule has 3 rings (SSSR count). The molecule has 1 saturated heterocycles. The molecule has 0 bridgehead atoms. The van der Waals surface area contributed by atoms with Gasteiger partial charge in [-0.3, -0.25) is 24.1 Å². The zero-order chi connectivity index (χ0) is 18.0. The van der Waals surface area contributed by atoms with Gasteiger partial charge in [0.05, 0.1) is 13.1 Å². The van der Waals surface area contributed by atoms with Gasteiger partial charge in [0.2, 0.25) is 11.8 Å². The Hall–Kier alpha value is -3.16. The van der Waals surface area contributed by atoms with E-state index in [1.807, 2.05) is 0 Å². The monoisotopic (exact) mass is 342 g/mol. The van der Waals surface area contributed by atoms with Crippen LogP contribution in [0.3, 0.4) is 0 Å². The zero-order valence-electron chi connectivity index (χ0n) is 13.7. The summed E-state index contributed by atoms with van der Waals surface area (Å²) in [7, 11) is 0. The molecule has 0 unspecified atom stereocenters. The number of amides is 4. The van der Waals surface area contributed by atoms with E-state index in [-0.39, 0.29) is 36.7 Å². The lowest BCUT2D eigenvalue weighted by molar-refractivity contribution is -0.138. The van der Waals surface area contributed by atoms with Crippen LogP contribution in [0.5, 0.6) is 0 Å². The Morgan fingerprint density at radius 1 is 1.20 bits per heavy atom. The summed E-state index contributed by atoms with van der Waals surface area (Å²) in [6.07, 6.45) is 1.37. The van der Waals surface area contributed by atoms with Crippen molar-refractivity contribution in [3.05, 3.63) is 41.6 Å². The van der Waals surface area contributed by atoms with Crippen LogP contribution in [0, 0.1) is 0 Å². The van der Waals surface area contributed by atoms with Gasteiger partial charge in [-0.1, -0.05) is 6.07 Å². The molecule has 25 heavy (non-hydrogen) atoms. The van der Waals surface area contributed by atoms with E-state index in [1.54, 1.807) is 24.3 Å². The van der Waals surface area contributed by atoms with Crippen molar-refractivity contribution in [2.75, 3.05) is 31.5 Å². The van der Waals surface area contributed by atoms with Gasteiger partial charge in [0.25, 0.3) is 11.8 Å². The number of rotatable bonds is 3. The molecular formula is C17H18N4O4. The maximum Gasteiger partial charge on any atom is 0.255 e. The van der Waals surface area contributed by atoms with E-state index < -0.39 is 0 Å². The maximum absolute atomic E-state index is 12.5. The second-order valence-corrected chi connectivity index (χ2v) is 5.90. The molecular weight excluding hydrogens is 324 g/mol. The fourth-order valence-corrected chi connectivity index (χ4v) is 2.77. The summed E-state index contributed by atoms with van der Waals surface area (Å²) in [5.41, 5.74) is 1.67. The minimum absolute atomic E-state index is 0.0454. The highest BCUT2D eigenvalue weighted by Gasteiger charge is 2.25. The number of hydrogen-bond acceptors (Lipinski definition) is 5. The molecule has 2 aliphatic rings. The summed E-state index contributed by atoms with van der Waals surface area (Å²) >= 11 is 0. The smallest absolute Gasteiger partial charge is 0.255 e. The van der Waals surface area contributed by atoms with Gasteiger partial charge in [0, 0.05) is 43.0 Å². The van der Waals surface area contributed by atoms with E-state index in [0.29, 0.717) is 30.0 Å². The van der Waals surface area contributed by atoms with Crippen molar-refractivity contribution < 1.29 is 19.2 Å². The first-order valence-electron chi connectivity index (χ1n) is 7.90. The average Bonchev–Trinajstić information content (AvgIpc) is 2.95. The molecule has 0 radical (unpaired) electrons. The molecule has 130 valence electrons. The molecule has 2 N–H and O–H groups in total. The topological polar surface area (TPSA) is 98.8 Å². The molecule has 2 heterocycles. The third-order valence-electron chi connectivity index (χ3n) is 4.01. The molecule has 1 fully saturated rings. The number of piperazine rings is 1. The van der Waals surface area contributed by atoms with Crippen LogP contribution in [0.1, 0.15) is 17.3 Å². The summed E-state index contributed by atoms with van der Waals surface area (Å²) < 4.78 is 0. The van der Waals surface area contributed by atoms with Gasteiger partial charge in [-0.25, -0.2) is 0 Å². The van der Waals surface area contributed by atoms with Gasteiger partial charge in [-0.15, -0.1) is 0 Å². The van der Waals surface area contributed by atoms with E-state index in [1.165, 1.54) is 17.9 Å². The first-order chi connectivity index (χ1) is 11.9. The number of anilines is 1. The van der Waals surface area contributed by atoms with E-state index in [2.05, 4.69) is 10.6 Å². The van der Waals surface area contributed by atoms with Crippen LogP contribution in [0.4, 0.5) is 5.69 Å². The van der Waals surface area contributed by atoms with Crippen molar-refractivity contribution in [1.82, 2.24) is 15.1 Å². The lowest BCUT2D eigenvalue weighted by atomic mass is 10.1. The third kappa shape index (κ3) is 3.68. The average molecular weight is 342 g/mol. The van der Waals surface area contributed by atoms with Crippen LogP contribution >= 0.6 is 0 Å². The maximum atomic E-state index is 12.5. The fourth-order valence-electron chi connectivity index (χ4n) is 2.77. The van der Waals surface area contributed by atoms with Crippen molar-refractivity contribution in [1.29, 1.82) is 0 Å². The van der Waals surface area contributed by atoms with Crippen LogP contribution < -0.4 is 10.6 Å². The van der Waals surface area contributed by atoms with E-state index in [0.717, 1.165) is 4.90 Å². The molecule has 0 spiro atoms. The van der Waals surface area contributed by atoms with Gasteiger partial charge in [-0.05, 0) is 18.2 Å². The molecule has 0 atom stereocenters. The van der Waals surface area contributed by atoms with Gasteiger partial charge in [0.1, 0.15) is 0 Å². The highest BCUT2D eigenvalue weighted by molar-refractivity contribution is 6.03. The molecule has 0 aliphatic carbocycles. The first-order valence-corrected chi connectivity index (χ1v) is 7.90. The number of nitrogens with zero attached hydrogens (tertiary/aromatic N) is 2. The second kappa shape index (κ2) is 6.76. The lowest BCUT2D eigenvalue weighted by Crippen LogP contribution is -2.49. The molecule has 0 saturated carbocycles. The Morgan fingerprint density at radius 3 is 2.68 bits per heavy atom. The SMILES string of the molecule is CC(=O)N1CC(Nc2cccc(C(=O)N3CCNC(=O)C3)c2)=CC1=O. The Bertz CT molecular complexity index is 787. The Labute approximate surface area is 144 Å². The van der Waals surface area contributed by atoms with Crippen molar-refractivity contribution in [2.24, 2.45) is 0 Å². The minimum atomic E-state index is -0.360. The minimum Gasteiger partial charge on any atom is -0.357 e. The largest absolute Gasteiger partial charge is 0.357 e. The standard InChI is InChI=1S/C17H18N4O4/c1-11(22)21-9-14(8-16(21)24)19-13-4-2-3-12(7-13)17(25)20-6-5-18-15(23)10-20/h2-4,7-8,19H,5-6,9-10H2,1H3,(H,18,23). The van der Waals surface area contributed by atoms with Crippen LogP contribution in [-0.4, -0.2) is 59.6 Å². The summed E-state index contributed by atoms with van der Waals surface area (Å²) in [6.45, 7) is 2.47. The van der Waals surface area contributed by atoms with Crippen LogP contribution in [0.25, 0.3) is 0 Å². The zero-order valence-corrected chi connectivity index (χ0v) is 13.7. The second-order valence-electron chi connectivity index (χ2n) is 5.90. The van der Waals surface area contributed by atoms with E-state index >= 15 is 0 Å². The summed E-state index contributed by atoms with van der Waals surface area (Å²) in [5.74, 6) is -1.07. The molecule has 8 nitrogen and oxygen atoms in total. The highest BCUT2D eigenvalue weighted by Crippen LogP contribution is 2.18. The van der Waals surface area contributed by atoms with Gasteiger partial charge in [0.15, 0.2) is 0 Å². The Kier molecular flexibility index (Phi) is 4.51. The molecule has 0 aromatic heterocycles. The summed E-state index contributed by atoms with van der Waals surface area (Å²) in [5, 5.41) is 5.74. The number of carbonyl (C=O) groups excluding carboxylic acids is 4. The predicted octanol–water partition coefficient (Wildman–Crippen LogP) is -0.0569. The van der Waals surface area contributed by atoms with Crippen molar-refractivity contribution in [3.63, 3.8) is 0 Å². The molecule has 1 aromatic carbocycles. The quantitative estimate of drug-likeness (QED) is 0.802. The summed E-state index contributed by atoms with van der Waals surface area (Å²) in [4.78, 5) is 49.7. The van der Waals surface area contributed by atoms with Crippen molar-refractivity contribution in [3.8, 4) is 0 Å². The predicted molar refractivity (Wildman–Crippen MR) is 89.5 cm³/mol. The third-order valence-corrected chi connectivity index (χ3v) is 4.01. The molecule has 1 aromatic rings. The van der Waals surface area contributed by atoms with Gasteiger partial charge < -0.3 is 15.5 Å². The number of benzene rings is 1. The van der Waals surface area contributed by atoms with Crippen LogP contribution in [0.15, 0.2) is 36.0 Å². The lowest BCUT2D eigenvalue weighted by Gasteiger charge is -2.26. The summed E-state index contributed by atoms with van der Waals surface area (Å²) in [6, 6.07) is 6.83. The van der Waals surface area contributed by atoms with Gasteiger partial charge >= 0.3 is 0 Å². The van der Waals surface area contributed by atoms with Crippen molar-refractivity contribution >= 4 is 29.3 Å². The fraction of sp³-hybridized carbons (Fsp3) is 0.294. The number of carbonyl (C=O) groups is 4. The molecule has 2 aliphatic heterocycles. The van der Waals surface area contributed by atoms with Crippen LogP contribution in [0.2, 0.25) is 0 Å². The highest BCUT2D eigenvalue weighted by atomic mass is 16.2. The first kappa shape index (κ1) is 16.7. The Balaban J connectivity index is 1.71. The molecule has 8 heteroatoms. The van der Waals surface area contributed by atoms with Crippen LogP contribution in [-0.2, 0) is 14.4 Å². The number of imide groups is 1. The molecule has 4 amide bonds. The van der Waals surface area contributed by atoms with E-state index in [9.17, 15) is 19.2 Å². The number of hydrogen-bond donors (Lipinski definition) is 2.